The number of nitrogens with two attached hydrogens (primary N) is 2. The second kappa shape index (κ2) is 9.56. The van der Waals surface area contributed by atoms with Gasteiger partial charge in [0, 0.05) is 18.7 Å². The fourth-order valence-electron chi connectivity index (χ4n) is 1.29. The van der Waals surface area contributed by atoms with Gasteiger partial charge in [-0.3, -0.25) is 0 Å². The SMILES string of the molecule is COc1c(C#CC[C@H](C)N)cnc(N)c1OC.Cl.Cl. The molecule has 1 aromatic rings. The van der Waals surface area contributed by atoms with Gasteiger partial charge in [0.15, 0.2) is 11.6 Å². The number of anilines is 1. The van der Waals surface area contributed by atoms with E-state index in [9.17, 15) is 0 Å². The van der Waals surface area contributed by atoms with Crippen LogP contribution in [0.1, 0.15) is 18.9 Å². The van der Waals surface area contributed by atoms with Gasteiger partial charge >= 0.3 is 0 Å². The number of nitrogen functional groups attached to an aromatic ring is 1. The summed E-state index contributed by atoms with van der Waals surface area (Å²) in [4.78, 5) is 4.00. The first-order valence-electron chi connectivity index (χ1n) is 5.21. The van der Waals surface area contributed by atoms with Crippen molar-refractivity contribution in [3.8, 4) is 23.3 Å². The first kappa shape index (κ1) is 20.0. The Morgan fingerprint density at radius 2 is 1.84 bits per heavy atom. The van der Waals surface area contributed by atoms with E-state index in [4.69, 9.17) is 20.9 Å². The van der Waals surface area contributed by atoms with Gasteiger partial charge in [-0.2, -0.15) is 0 Å². The van der Waals surface area contributed by atoms with Crippen LogP contribution in [0.3, 0.4) is 0 Å². The van der Waals surface area contributed by atoms with Gasteiger partial charge in [-0.15, -0.1) is 24.8 Å². The van der Waals surface area contributed by atoms with Gasteiger partial charge in [0.2, 0.25) is 5.75 Å². The summed E-state index contributed by atoms with van der Waals surface area (Å²) in [5.41, 5.74) is 11.9. The Morgan fingerprint density at radius 1 is 1.26 bits per heavy atom. The summed E-state index contributed by atoms with van der Waals surface area (Å²) >= 11 is 0. The molecule has 5 nitrogen and oxygen atoms in total. The van der Waals surface area contributed by atoms with E-state index in [0.29, 0.717) is 23.5 Å². The van der Waals surface area contributed by atoms with Gasteiger partial charge in [-0.05, 0) is 6.92 Å². The maximum Gasteiger partial charge on any atom is 0.204 e. The summed E-state index contributed by atoms with van der Waals surface area (Å²) in [5.74, 6) is 7.08. The molecule has 1 heterocycles. The van der Waals surface area contributed by atoms with Crippen LogP contribution >= 0.6 is 24.8 Å². The molecule has 7 heteroatoms. The lowest BCUT2D eigenvalue weighted by Crippen LogP contribution is -2.12. The van der Waals surface area contributed by atoms with E-state index in [1.54, 1.807) is 6.20 Å². The van der Waals surface area contributed by atoms with Crippen molar-refractivity contribution in [1.82, 2.24) is 4.98 Å². The van der Waals surface area contributed by atoms with Crippen LogP contribution in [-0.4, -0.2) is 25.2 Å². The quantitative estimate of drug-likeness (QED) is 0.829. The summed E-state index contributed by atoms with van der Waals surface area (Å²) in [5, 5.41) is 0. The average molecular weight is 308 g/mol. The maximum absolute atomic E-state index is 5.67. The third-order valence-electron chi connectivity index (χ3n) is 2.07. The molecule has 0 amide bonds. The number of methoxy groups -OCH3 is 2. The molecule has 1 rings (SSSR count). The molecule has 0 unspecified atom stereocenters. The summed E-state index contributed by atoms with van der Waals surface area (Å²) in [6.07, 6.45) is 2.17. The lowest BCUT2D eigenvalue weighted by atomic mass is 10.2. The molecule has 1 atom stereocenters. The highest BCUT2D eigenvalue weighted by molar-refractivity contribution is 5.85. The van der Waals surface area contributed by atoms with Crippen molar-refractivity contribution in [3.05, 3.63) is 11.8 Å². The zero-order valence-corrected chi connectivity index (χ0v) is 12.7. The third kappa shape index (κ3) is 5.43. The number of hydrogen-bond donors (Lipinski definition) is 2. The van der Waals surface area contributed by atoms with E-state index in [1.807, 2.05) is 6.92 Å². The van der Waals surface area contributed by atoms with Crippen LogP contribution in [0.15, 0.2) is 6.20 Å². The monoisotopic (exact) mass is 307 g/mol. The van der Waals surface area contributed by atoms with Crippen molar-refractivity contribution in [2.24, 2.45) is 5.73 Å². The smallest absolute Gasteiger partial charge is 0.204 e. The Morgan fingerprint density at radius 3 is 2.32 bits per heavy atom. The van der Waals surface area contributed by atoms with Crippen LogP contribution in [0, 0.1) is 11.8 Å². The molecule has 19 heavy (non-hydrogen) atoms. The second-order valence-electron chi connectivity index (χ2n) is 3.61. The van der Waals surface area contributed by atoms with E-state index in [0.717, 1.165) is 0 Å². The topological polar surface area (TPSA) is 83.4 Å². The van der Waals surface area contributed by atoms with Crippen LogP contribution < -0.4 is 20.9 Å². The zero-order valence-electron chi connectivity index (χ0n) is 11.1. The normalized spacial score (nSPS) is 10.1. The van der Waals surface area contributed by atoms with E-state index in [1.165, 1.54) is 14.2 Å². The zero-order chi connectivity index (χ0) is 12.8. The predicted molar refractivity (Wildman–Crippen MR) is 81.4 cm³/mol. The fourth-order valence-corrected chi connectivity index (χ4v) is 1.29. The van der Waals surface area contributed by atoms with Crippen molar-refractivity contribution < 1.29 is 9.47 Å². The fraction of sp³-hybridized carbons (Fsp3) is 0.417. The highest BCUT2D eigenvalue weighted by Gasteiger charge is 2.13. The van der Waals surface area contributed by atoms with Gasteiger partial charge in [0.1, 0.15) is 0 Å². The lowest BCUT2D eigenvalue weighted by Gasteiger charge is -2.10. The van der Waals surface area contributed by atoms with Crippen molar-refractivity contribution in [2.45, 2.75) is 19.4 Å². The summed E-state index contributed by atoms with van der Waals surface area (Å²) < 4.78 is 10.4. The molecule has 4 N–H and O–H groups in total. The minimum absolute atomic E-state index is 0. The second-order valence-corrected chi connectivity index (χ2v) is 3.61. The van der Waals surface area contributed by atoms with Crippen LogP contribution in [0.5, 0.6) is 11.5 Å². The standard InChI is InChI=1S/C12H17N3O2.2ClH/c1-8(13)5-4-6-9-7-15-12(14)11(17-3)10(9)16-2;;/h7-8H,5,13H2,1-3H3,(H2,14,15);2*1H/t8-;;/m0../s1. The van der Waals surface area contributed by atoms with E-state index >= 15 is 0 Å². The molecular formula is C12H19Cl2N3O2. The first-order chi connectivity index (χ1) is 8.10. The Balaban J connectivity index is 0. The lowest BCUT2D eigenvalue weighted by molar-refractivity contribution is 0.354. The van der Waals surface area contributed by atoms with Gasteiger partial charge in [-0.1, -0.05) is 11.8 Å². The van der Waals surface area contributed by atoms with E-state index < -0.39 is 0 Å². The van der Waals surface area contributed by atoms with Gasteiger partial charge in [0.25, 0.3) is 0 Å². The summed E-state index contributed by atoms with van der Waals surface area (Å²) in [7, 11) is 3.04. The average Bonchev–Trinajstić information content (AvgIpc) is 2.29. The Labute approximate surface area is 125 Å². The largest absolute Gasteiger partial charge is 0.491 e. The first-order valence-corrected chi connectivity index (χ1v) is 5.21. The van der Waals surface area contributed by atoms with E-state index in [-0.39, 0.29) is 36.7 Å². The van der Waals surface area contributed by atoms with Gasteiger partial charge < -0.3 is 20.9 Å². The molecule has 0 saturated carbocycles. The molecular weight excluding hydrogens is 289 g/mol. The van der Waals surface area contributed by atoms with Gasteiger partial charge in [-0.25, -0.2) is 4.98 Å². The molecule has 0 fully saturated rings. The molecule has 1 aromatic heterocycles. The molecule has 0 radical (unpaired) electrons. The highest BCUT2D eigenvalue weighted by Crippen LogP contribution is 2.34. The molecule has 0 spiro atoms. The Hall–Kier alpha value is -1.35. The number of ether oxygens (including phenoxy) is 2. The highest BCUT2D eigenvalue weighted by atomic mass is 35.5. The van der Waals surface area contributed by atoms with Crippen molar-refractivity contribution in [2.75, 3.05) is 20.0 Å². The maximum atomic E-state index is 5.67. The number of nitrogens with zero attached hydrogens (tertiary/aromatic N) is 1. The Kier molecular flexibility index (Phi) is 10.1. The minimum atomic E-state index is 0. The van der Waals surface area contributed by atoms with Crippen molar-refractivity contribution >= 4 is 30.6 Å². The molecule has 0 bridgehead atoms. The minimum Gasteiger partial charge on any atom is -0.491 e. The summed E-state index contributed by atoms with van der Waals surface area (Å²) in [6.45, 7) is 1.90. The van der Waals surface area contributed by atoms with Gasteiger partial charge in [0.05, 0.1) is 19.8 Å². The van der Waals surface area contributed by atoms with Crippen LogP contribution in [0.2, 0.25) is 0 Å². The summed E-state index contributed by atoms with van der Waals surface area (Å²) in [6, 6.07) is 0.0390. The van der Waals surface area contributed by atoms with Crippen LogP contribution in [0.25, 0.3) is 0 Å². The predicted octanol–water partition coefficient (Wildman–Crippen LogP) is 1.61. The molecule has 108 valence electrons. The molecule has 0 aromatic carbocycles. The molecule has 0 aliphatic heterocycles. The molecule has 0 saturated heterocycles. The number of halogens is 2. The van der Waals surface area contributed by atoms with Crippen LogP contribution in [0.4, 0.5) is 5.82 Å². The third-order valence-corrected chi connectivity index (χ3v) is 2.07. The Bertz CT molecular complexity index is 456. The van der Waals surface area contributed by atoms with E-state index in [2.05, 4.69) is 16.8 Å². The van der Waals surface area contributed by atoms with Crippen molar-refractivity contribution in [1.29, 1.82) is 0 Å². The number of aromatic nitrogens is 1. The van der Waals surface area contributed by atoms with Crippen molar-refractivity contribution in [3.63, 3.8) is 0 Å². The number of pyridine rings is 1. The number of hydrogen-bond acceptors (Lipinski definition) is 5. The number of rotatable bonds is 3. The molecule has 0 aliphatic carbocycles. The van der Waals surface area contributed by atoms with Crippen LogP contribution in [-0.2, 0) is 0 Å². The molecule has 0 aliphatic rings.